The van der Waals surface area contributed by atoms with Crippen LogP contribution in [0.4, 0.5) is 11.6 Å². The van der Waals surface area contributed by atoms with E-state index < -0.39 is 6.17 Å². The summed E-state index contributed by atoms with van der Waals surface area (Å²) in [7, 11) is 0. The molecular formula is C16H12ClN7. The van der Waals surface area contributed by atoms with Crippen molar-refractivity contribution in [1.29, 1.82) is 0 Å². The minimum atomic E-state index is -0.645. The van der Waals surface area contributed by atoms with Gasteiger partial charge in [0, 0.05) is 30.4 Å². The summed E-state index contributed by atoms with van der Waals surface area (Å²) in [6, 6.07) is 12.5. The van der Waals surface area contributed by atoms with E-state index in [1.807, 2.05) is 12.1 Å². The Labute approximate surface area is 143 Å². The Balaban J connectivity index is 1.88. The second-order valence-electron chi connectivity index (χ2n) is 4.59. The highest BCUT2D eigenvalue weighted by Crippen LogP contribution is 2.27. The SMILES string of the molecule is Clc1ccccc1N=NC(N=Nc1ncccn1)c1ccncc1. The fourth-order valence-corrected chi connectivity index (χ4v) is 1.96. The van der Waals surface area contributed by atoms with Gasteiger partial charge >= 0.3 is 0 Å². The maximum Gasteiger partial charge on any atom is 0.268 e. The highest BCUT2D eigenvalue weighted by molar-refractivity contribution is 6.32. The predicted octanol–water partition coefficient (Wildman–Crippen LogP) is 5.09. The Bertz CT molecular complexity index is 837. The topological polar surface area (TPSA) is 88.1 Å². The van der Waals surface area contributed by atoms with Gasteiger partial charge in [0.15, 0.2) is 0 Å². The van der Waals surface area contributed by atoms with E-state index in [4.69, 9.17) is 11.6 Å². The minimum Gasteiger partial charge on any atom is -0.265 e. The average Bonchev–Trinajstić information content (AvgIpc) is 2.65. The Morgan fingerprint density at radius 1 is 0.792 bits per heavy atom. The summed E-state index contributed by atoms with van der Waals surface area (Å²) in [5.74, 6) is 0.254. The van der Waals surface area contributed by atoms with Crippen LogP contribution < -0.4 is 0 Å². The number of halogens is 1. The number of nitrogens with zero attached hydrogens (tertiary/aromatic N) is 7. The molecule has 2 heterocycles. The molecule has 1 aromatic carbocycles. The van der Waals surface area contributed by atoms with Crippen LogP contribution >= 0.6 is 11.6 Å². The van der Waals surface area contributed by atoms with Crippen molar-refractivity contribution in [2.75, 3.05) is 0 Å². The fraction of sp³-hybridized carbons (Fsp3) is 0.0625. The van der Waals surface area contributed by atoms with Crippen molar-refractivity contribution in [3.63, 3.8) is 0 Å². The van der Waals surface area contributed by atoms with Crippen LogP contribution in [0.15, 0.2) is 87.7 Å². The summed E-state index contributed by atoms with van der Waals surface area (Å²) >= 11 is 6.09. The van der Waals surface area contributed by atoms with E-state index in [1.165, 1.54) is 0 Å². The fourth-order valence-electron chi connectivity index (χ4n) is 1.79. The highest BCUT2D eigenvalue weighted by atomic mass is 35.5. The Morgan fingerprint density at radius 2 is 1.50 bits per heavy atom. The van der Waals surface area contributed by atoms with Crippen molar-refractivity contribution >= 4 is 23.2 Å². The number of hydrogen-bond acceptors (Lipinski definition) is 7. The van der Waals surface area contributed by atoms with Crippen LogP contribution in [0.25, 0.3) is 0 Å². The molecule has 0 saturated carbocycles. The molecule has 0 amide bonds. The molecule has 0 N–H and O–H groups in total. The minimum absolute atomic E-state index is 0.254. The lowest BCUT2D eigenvalue weighted by atomic mass is 10.2. The van der Waals surface area contributed by atoms with Gasteiger partial charge in [-0.05, 0) is 30.3 Å². The molecule has 1 unspecified atom stereocenters. The van der Waals surface area contributed by atoms with Crippen LogP contribution in [0.2, 0.25) is 5.02 Å². The molecule has 8 heteroatoms. The smallest absolute Gasteiger partial charge is 0.265 e. The molecule has 0 spiro atoms. The molecule has 0 radical (unpaired) electrons. The predicted molar refractivity (Wildman–Crippen MR) is 89.5 cm³/mol. The lowest BCUT2D eigenvalue weighted by molar-refractivity contribution is 0.683. The zero-order valence-corrected chi connectivity index (χ0v) is 13.2. The molecular weight excluding hydrogens is 326 g/mol. The van der Waals surface area contributed by atoms with Crippen LogP contribution in [0.3, 0.4) is 0 Å². The zero-order valence-electron chi connectivity index (χ0n) is 12.4. The lowest BCUT2D eigenvalue weighted by Crippen LogP contribution is -1.91. The van der Waals surface area contributed by atoms with E-state index in [0.717, 1.165) is 5.56 Å². The second-order valence-corrected chi connectivity index (χ2v) is 4.99. The summed E-state index contributed by atoms with van der Waals surface area (Å²) in [5, 5.41) is 17.1. The molecule has 0 saturated heterocycles. The van der Waals surface area contributed by atoms with Crippen LogP contribution in [0, 0.1) is 0 Å². The van der Waals surface area contributed by atoms with Gasteiger partial charge in [-0.1, -0.05) is 23.7 Å². The van der Waals surface area contributed by atoms with Crippen molar-refractivity contribution in [2.24, 2.45) is 20.5 Å². The third-order valence-electron chi connectivity index (χ3n) is 2.94. The van der Waals surface area contributed by atoms with Gasteiger partial charge in [-0.15, -0.1) is 5.11 Å². The lowest BCUT2D eigenvalue weighted by Gasteiger charge is -2.05. The summed E-state index contributed by atoms with van der Waals surface area (Å²) in [4.78, 5) is 12.0. The second kappa shape index (κ2) is 7.98. The largest absolute Gasteiger partial charge is 0.268 e. The van der Waals surface area contributed by atoms with Gasteiger partial charge in [0.25, 0.3) is 5.95 Å². The van der Waals surface area contributed by atoms with Gasteiger partial charge in [0.1, 0.15) is 5.69 Å². The maximum absolute atomic E-state index is 6.09. The summed E-state index contributed by atoms with van der Waals surface area (Å²) in [6.07, 6.45) is 5.85. The molecule has 0 aliphatic rings. The van der Waals surface area contributed by atoms with Crippen LogP contribution in [0.5, 0.6) is 0 Å². The van der Waals surface area contributed by atoms with Crippen LogP contribution in [-0.2, 0) is 0 Å². The number of pyridine rings is 1. The average molecular weight is 338 g/mol. The highest BCUT2D eigenvalue weighted by Gasteiger charge is 2.09. The molecule has 0 fully saturated rings. The number of benzene rings is 1. The van der Waals surface area contributed by atoms with E-state index in [-0.39, 0.29) is 5.95 Å². The zero-order chi connectivity index (χ0) is 16.6. The normalized spacial score (nSPS) is 12.7. The number of hydrogen-bond donors (Lipinski definition) is 0. The summed E-state index contributed by atoms with van der Waals surface area (Å²) in [5.41, 5.74) is 1.35. The molecule has 3 rings (SSSR count). The molecule has 0 aliphatic heterocycles. The summed E-state index contributed by atoms with van der Waals surface area (Å²) < 4.78 is 0. The van der Waals surface area contributed by atoms with E-state index in [9.17, 15) is 0 Å². The molecule has 1 atom stereocenters. The maximum atomic E-state index is 6.09. The molecule has 118 valence electrons. The van der Waals surface area contributed by atoms with Gasteiger partial charge in [0.2, 0.25) is 6.17 Å². The van der Waals surface area contributed by atoms with Crippen LogP contribution in [0.1, 0.15) is 11.7 Å². The molecule has 2 aromatic heterocycles. The van der Waals surface area contributed by atoms with Crippen molar-refractivity contribution < 1.29 is 0 Å². The molecule has 0 bridgehead atoms. The van der Waals surface area contributed by atoms with Gasteiger partial charge < -0.3 is 0 Å². The van der Waals surface area contributed by atoms with E-state index in [1.54, 1.807) is 55.1 Å². The molecule has 24 heavy (non-hydrogen) atoms. The van der Waals surface area contributed by atoms with Gasteiger partial charge in [-0.25, -0.2) is 9.97 Å². The van der Waals surface area contributed by atoms with Crippen molar-refractivity contribution in [1.82, 2.24) is 15.0 Å². The summed E-state index contributed by atoms with van der Waals surface area (Å²) in [6.45, 7) is 0. The standard InChI is InChI=1S/C16H12ClN7/c17-13-4-1-2-5-14(13)21-22-15(12-6-10-18-11-7-12)23-24-16-19-8-3-9-20-16/h1-11,15H. The molecule has 7 nitrogen and oxygen atoms in total. The van der Waals surface area contributed by atoms with Crippen molar-refractivity contribution in [3.05, 3.63) is 77.8 Å². The monoisotopic (exact) mass is 337 g/mol. The Morgan fingerprint density at radius 3 is 2.25 bits per heavy atom. The first-order chi connectivity index (χ1) is 11.8. The van der Waals surface area contributed by atoms with Crippen molar-refractivity contribution in [3.8, 4) is 0 Å². The van der Waals surface area contributed by atoms with Crippen LogP contribution in [-0.4, -0.2) is 15.0 Å². The first-order valence-electron chi connectivity index (χ1n) is 7.06. The third kappa shape index (κ3) is 4.23. The van der Waals surface area contributed by atoms with Gasteiger partial charge in [-0.3, -0.25) is 4.98 Å². The van der Waals surface area contributed by atoms with Gasteiger partial charge in [0.05, 0.1) is 5.02 Å². The first kappa shape index (κ1) is 15.8. The third-order valence-corrected chi connectivity index (χ3v) is 3.26. The van der Waals surface area contributed by atoms with E-state index >= 15 is 0 Å². The van der Waals surface area contributed by atoms with E-state index in [0.29, 0.717) is 10.7 Å². The number of aromatic nitrogens is 3. The quantitative estimate of drug-likeness (QED) is 0.607. The molecule has 3 aromatic rings. The Kier molecular flexibility index (Phi) is 5.26. The number of azo groups is 2. The first-order valence-corrected chi connectivity index (χ1v) is 7.44. The van der Waals surface area contributed by atoms with Gasteiger partial charge in [-0.2, -0.15) is 15.3 Å². The Hall–Kier alpha value is -3.06. The van der Waals surface area contributed by atoms with Crippen molar-refractivity contribution in [2.45, 2.75) is 6.17 Å². The molecule has 0 aliphatic carbocycles. The number of rotatable bonds is 5. The van der Waals surface area contributed by atoms with E-state index in [2.05, 4.69) is 35.4 Å².